The van der Waals surface area contributed by atoms with Gasteiger partial charge in [-0.2, -0.15) is 0 Å². The lowest BCUT2D eigenvalue weighted by atomic mass is 10.0. The molecule has 0 radical (unpaired) electrons. The topological polar surface area (TPSA) is 63.6 Å². The molecule has 2 aromatic rings. The van der Waals surface area contributed by atoms with E-state index in [0.717, 1.165) is 5.56 Å². The van der Waals surface area contributed by atoms with Gasteiger partial charge in [-0.15, -0.1) is 0 Å². The van der Waals surface area contributed by atoms with Gasteiger partial charge in [-0.1, -0.05) is 32.0 Å². The molecule has 0 aliphatic carbocycles. The summed E-state index contributed by atoms with van der Waals surface area (Å²) in [4.78, 5) is 23.1. The molecule has 0 saturated heterocycles. The van der Waals surface area contributed by atoms with Gasteiger partial charge >= 0.3 is 5.97 Å². The van der Waals surface area contributed by atoms with E-state index < -0.39 is 5.97 Å². The number of aromatic carboxylic acids is 1. The molecule has 0 unspecified atom stereocenters. The summed E-state index contributed by atoms with van der Waals surface area (Å²) in [5, 5.41) is 8.98. The first-order valence-corrected chi connectivity index (χ1v) is 7.93. The van der Waals surface area contributed by atoms with Gasteiger partial charge in [0.2, 0.25) is 0 Å². The third-order valence-electron chi connectivity index (χ3n) is 3.71. The first-order chi connectivity index (χ1) is 11.3. The Balaban J connectivity index is 1.98. The van der Waals surface area contributed by atoms with Gasteiger partial charge in [-0.25, -0.2) is 4.79 Å². The van der Waals surface area contributed by atoms with Gasteiger partial charge in [0.05, 0.1) is 5.56 Å². The second-order valence-corrected chi connectivity index (χ2v) is 6.24. The maximum absolute atomic E-state index is 12.1. The molecule has 24 heavy (non-hydrogen) atoms. The van der Waals surface area contributed by atoms with Crippen molar-refractivity contribution in [3.05, 3.63) is 64.7 Å². The lowest BCUT2D eigenvalue weighted by Crippen LogP contribution is -2.14. The highest BCUT2D eigenvalue weighted by atomic mass is 16.5. The number of carboxylic acid groups (broad SMARTS) is 1. The Labute approximate surface area is 142 Å². The lowest BCUT2D eigenvalue weighted by Gasteiger charge is -2.11. The number of carboxylic acids is 1. The van der Waals surface area contributed by atoms with Crippen LogP contribution in [0.25, 0.3) is 0 Å². The van der Waals surface area contributed by atoms with E-state index in [2.05, 4.69) is 19.9 Å². The minimum absolute atomic E-state index is 0.0295. The molecule has 2 rings (SSSR count). The average Bonchev–Trinajstić information content (AvgIpc) is 2.52. The van der Waals surface area contributed by atoms with Crippen LogP contribution in [0.15, 0.2) is 42.5 Å². The smallest absolute Gasteiger partial charge is 0.335 e. The van der Waals surface area contributed by atoms with E-state index in [9.17, 15) is 9.59 Å². The van der Waals surface area contributed by atoms with E-state index in [1.54, 1.807) is 12.1 Å². The highest BCUT2D eigenvalue weighted by Gasteiger charge is 2.09. The fourth-order valence-corrected chi connectivity index (χ4v) is 2.45. The molecule has 0 aliphatic heterocycles. The molecule has 126 valence electrons. The van der Waals surface area contributed by atoms with Crippen LogP contribution in [-0.4, -0.2) is 23.5 Å². The average molecular weight is 326 g/mol. The van der Waals surface area contributed by atoms with Crippen LogP contribution in [0.5, 0.6) is 5.75 Å². The Morgan fingerprint density at radius 1 is 1.12 bits per heavy atom. The SMILES string of the molecule is Cc1cc(OCC(=O)Cc2cccc(C(=O)O)c2)cc(C(C)C)c1. The fourth-order valence-electron chi connectivity index (χ4n) is 2.45. The van der Waals surface area contributed by atoms with Crippen molar-refractivity contribution in [2.45, 2.75) is 33.1 Å². The van der Waals surface area contributed by atoms with Crippen LogP contribution in [0.2, 0.25) is 0 Å². The van der Waals surface area contributed by atoms with Gasteiger partial charge in [-0.05, 0) is 53.8 Å². The number of ketones is 1. The molecule has 0 heterocycles. The van der Waals surface area contributed by atoms with Crippen molar-refractivity contribution in [3.63, 3.8) is 0 Å². The third kappa shape index (κ3) is 4.95. The Kier molecular flexibility index (Phi) is 5.74. The molecule has 0 spiro atoms. The van der Waals surface area contributed by atoms with Gasteiger partial charge in [0, 0.05) is 6.42 Å². The molecule has 0 amide bonds. The van der Waals surface area contributed by atoms with E-state index in [0.29, 0.717) is 17.2 Å². The Morgan fingerprint density at radius 2 is 1.88 bits per heavy atom. The molecule has 0 atom stereocenters. The number of hydrogen-bond acceptors (Lipinski definition) is 3. The zero-order chi connectivity index (χ0) is 17.7. The van der Waals surface area contributed by atoms with Crippen molar-refractivity contribution >= 4 is 11.8 Å². The number of Topliss-reactive ketones (excluding diaryl/α,β-unsaturated/α-hetero) is 1. The monoisotopic (exact) mass is 326 g/mol. The van der Waals surface area contributed by atoms with E-state index in [4.69, 9.17) is 9.84 Å². The van der Waals surface area contributed by atoms with Crippen molar-refractivity contribution < 1.29 is 19.4 Å². The largest absolute Gasteiger partial charge is 0.486 e. The summed E-state index contributed by atoms with van der Waals surface area (Å²) in [5.41, 5.74) is 3.13. The van der Waals surface area contributed by atoms with Gasteiger partial charge in [0.15, 0.2) is 5.78 Å². The Morgan fingerprint density at radius 3 is 2.54 bits per heavy atom. The normalized spacial score (nSPS) is 10.7. The van der Waals surface area contributed by atoms with Gasteiger partial charge in [-0.3, -0.25) is 4.79 Å². The second kappa shape index (κ2) is 7.77. The maximum Gasteiger partial charge on any atom is 0.335 e. The van der Waals surface area contributed by atoms with Crippen LogP contribution < -0.4 is 4.74 Å². The molecular formula is C20H22O4. The minimum atomic E-state index is -0.999. The van der Waals surface area contributed by atoms with Gasteiger partial charge in [0.1, 0.15) is 12.4 Å². The number of carbonyl (C=O) groups excluding carboxylic acids is 1. The number of ether oxygens (including phenoxy) is 1. The van der Waals surface area contributed by atoms with E-state index in [1.165, 1.54) is 17.7 Å². The van der Waals surface area contributed by atoms with Crippen molar-refractivity contribution in [1.82, 2.24) is 0 Å². The van der Waals surface area contributed by atoms with Crippen LogP contribution in [-0.2, 0) is 11.2 Å². The van der Waals surface area contributed by atoms with Crippen molar-refractivity contribution in [3.8, 4) is 5.75 Å². The quantitative estimate of drug-likeness (QED) is 0.835. The number of aryl methyl sites for hydroxylation is 1. The summed E-state index contributed by atoms with van der Waals surface area (Å²) in [6.07, 6.45) is 0.157. The lowest BCUT2D eigenvalue weighted by molar-refractivity contribution is -0.120. The first kappa shape index (κ1) is 17.7. The molecule has 4 heteroatoms. The Bertz CT molecular complexity index is 747. The van der Waals surface area contributed by atoms with Crippen molar-refractivity contribution in [2.75, 3.05) is 6.61 Å². The summed E-state index contributed by atoms with van der Waals surface area (Å²) in [7, 11) is 0. The van der Waals surface area contributed by atoms with Crippen LogP contribution in [0.4, 0.5) is 0 Å². The molecule has 2 aromatic carbocycles. The molecule has 0 aliphatic rings. The van der Waals surface area contributed by atoms with Gasteiger partial charge < -0.3 is 9.84 Å². The summed E-state index contributed by atoms with van der Waals surface area (Å²) in [6, 6.07) is 12.4. The highest BCUT2D eigenvalue weighted by molar-refractivity contribution is 5.88. The summed E-state index contributed by atoms with van der Waals surface area (Å²) >= 11 is 0. The number of benzene rings is 2. The number of hydrogen-bond donors (Lipinski definition) is 1. The minimum Gasteiger partial charge on any atom is -0.486 e. The molecule has 0 saturated carbocycles. The second-order valence-electron chi connectivity index (χ2n) is 6.24. The van der Waals surface area contributed by atoms with Crippen LogP contribution in [0.3, 0.4) is 0 Å². The summed E-state index contributed by atoms with van der Waals surface area (Å²) in [5.74, 6) is -0.0142. The molecule has 1 N–H and O–H groups in total. The van der Waals surface area contributed by atoms with Crippen molar-refractivity contribution in [2.24, 2.45) is 0 Å². The predicted octanol–water partition coefficient (Wildman–Crippen LogP) is 4.01. The maximum atomic E-state index is 12.1. The number of rotatable bonds is 7. The summed E-state index contributed by atoms with van der Waals surface area (Å²) in [6.45, 7) is 6.19. The van der Waals surface area contributed by atoms with Crippen LogP contribution >= 0.6 is 0 Å². The molecular weight excluding hydrogens is 304 g/mol. The first-order valence-electron chi connectivity index (χ1n) is 7.93. The van der Waals surface area contributed by atoms with Gasteiger partial charge in [0.25, 0.3) is 0 Å². The molecule has 4 nitrogen and oxygen atoms in total. The third-order valence-corrected chi connectivity index (χ3v) is 3.71. The van der Waals surface area contributed by atoms with E-state index in [1.807, 2.05) is 19.1 Å². The zero-order valence-electron chi connectivity index (χ0n) is 14.2. The number of carbonyl (C=O) groups is 2. The zero-order valence-corrected chi connectivity index (χ0v) is 14.2. The standard InChI is InChI=1S/C20H22O4/c1-13(2)17-7-14(3)8-19(11-17)24-12-18(21)10-15-5-4-6-16(9-15)20(22)23/h4-9,11,13H,10,12H2,1-3H3,(H,22,23). The molecule has 0 bridgehead atoms. The predicted molar refractivity (Wildman–Crippen MR) is 92.9 cm³/mol. The van der Waals surface area contributed by atoms with Crippen molar-refractivity contribution in [1.29, 1.82) is 0 Å². The van der Waals surface area contributed by atoms with E-state index >= 15 is 0 Å². The fraction of sp³-hybridized carbons (Fsp3) is 0.300. The van der Waals surface area contributed by atoms with Crippen LogP contribution in [0, 0.1) is 6.92 Å². The van der Waals surface area contributed by atoms with E-state index in [-0.39, 0.29) is 24.4 Å². The molecule has 0 aromatic heterocycles. The Hall–Kier alpha value is -2.62. The highest BCUT2D eigenvalue weighted by Crippen LogP contribution is 2.22. The molecule has 0 fully saturated rings. The van der Waals surface area contributed by atoms with Crippen LogP contribution in [0.1, 0.15) is 46.8 Å². The summed E-state index contributed by atoms with van der Waals surface area (Å²) < 4.78 is 5.62.